The number of benzene rings is 1. The van der Waals surface area contributed by atoms with E-state index in [-0.39, 0.29) is 6.03 Å². The van der Waals surface area contributed by atoms with Gasteiger partial charge in [0.15, 0.2) is 5.82 Å². The summed E-state index contributed by atoms with van der Waals surface area (Å²) in [5.74, 6) is 1.86. The Morgan fingerprint density at radius 3 is 2.96 bits per heavy atom. The highest BCUT2D eigenvalue weighted by Gasteiger charge is 2.17. The number of carbonyl (C=O) groups is 1. The Balaban J connectivity index is 1.39. The van der Waals surface area contributed by atoms with Crippen LogP contribution in [0.3, 0.4) is 0 Å². The summed E-state index contributed by atoms with van der Waals surface area (Å²) in [5.41, 5.74) is 0. The lowest BCUT2D eigenvalue weighted by atomic mass is 10.4. The Morgan fingerprint density at radius 2 is 2.13 bits per heavy atom. The first-order valence-corrected chi connectivity index (χ1v) is 8.74. The summed E-state index contributed by atoms with van der Waals surface area (Å²) in [6, 6.07) is 10.0. The lowest BCUT2D eigenvalue weighted by molar-refractivity contribution is 0.240. The maximum Gasteiger partial charge on any atom is 0.315 e. The monoisotopic (exact) mass is 331 g/mol. The molecular weight excluding hydrogens is 310 g/mol. The highest BCUT2D eigenvalue weighted by atomic mass is 32.2. The van der Waals surface area contributed by atoms with E-state index in [2.05, 4.69) is 44.5 Å². The zero-order chi connectivity index (χ0) is 16.1. The number of hydrogen-bond donors (Lipinski definition) is 2. The molecule has 2 aromatic rings. The van der Waals surface area contributed by atoms with Gasteiger partial charge in [-0.05, 0) is 18.6 Å². The van der Waals surface area contributed by atoms with Gasteiger partial charge in [-0.15, -0.1) is 22.0 Å². The molecule has 1 aliphatic rings. The summed E-state index contributed by atoms with van der Waals surface area (Å²) in [4.78, 5) is 13.1. The van der Waals surface area contributed by atoms with Gasteiger partial charge in [0.1, 0.15) is 5.82 Å². The van der Waals surface area contributed by atoms with Crippen LogP contribution in [0, 0.1) is 0 Å². The second kappa shape index (κ2) is 7.50. The average molecular weight is 331 g/mol. The lowest BCUT2D eigenvalue weighted by Crippen LogP contribution is -2.38. The Hall–Kier alpha value is -2.02. The van der Waals surface area contributed by atoms with Gasteiger partial charge in [0.25, 0.3) is 0 Å². The van der Waals surface area contributed by atoms with E-state index in [0.29, 0.717) is 18.3 Å². The maximum absolute atomic E-state index is 11.9. The van der Waals surface area contributed by atoms with E-state index >= 15 is 0 Å². The fourth-order valence-electron chi connectivity index (χ4n) is 2.57. The summed E-state index contributed by atoms with van der Waals surface area (Å²) in [5, 5.41) is 14.3. The van der Waals surface area contributed by atoms with Crippen molar-refractivity contribution in [3.8, 4) is 0 Å². The third-order valence-electron chi connectivity index (χ3n) is 3.72. The van der Waals surface area contributed by atoms with Crippen LogP contribution in [-0.2, 0) is 19.5 Å². The first kappa shape index (κ1) is 15.9. The SMILES string of the molecule is C[C@@H](CNC(=O)NCc1nnc2n1CCC2)Sc1ccccc1. The number of aryl methyl sites for hydroxylation is 1. The molecule has 0 saturated heterocycles. The molecule has 0 spiro atoms. The molecule has 1 aliphatic heterocycles. The predicted octanol–water partition coefficient (Wildman–Crippen LogP) is 2.20. The smallest absolute Gasteiger partial charge is 0.315 e. The number of hydrogen-bond acceptors (Lipinski definition) is 4. The van der Waals surface area contributed by atoms with Gasteiger partial charge in [-0.3, -0.25) is 0 Å². The molecule has 0 saturated carbocycles. The van der Waals surface area contributed by atoms with Crippen LogP contribution in [0.25, 0.3) is 0 Å². The van der Waals surface area contributed by atoms with Crippen LogP contribution in [0.15, 0.2) is 35.2 Å². The molecule has 2 amide bonds. The number of urea groups is 1. The fraction of sp³-hybridized carbons (Fsp3) is 0.438. The van der Waals surface area contributed by atoms with Crippen molar-refractivity contribution in [3.05, 3.63) is 42.0 Å². The Bertz CT molecular complexity index is 658. The highest BCUT2D eigenvalue weighted by molar-refractivity contribution is 8.00. The molecule has 23 heavy (non-hydrogen) atoms. The molecule has 122 valence electrons. The summed E-state index contributed by atoms with van der Waals surface area (Å²) in [7, 11) is 0. The largest absolute Gasteiger partial charge is 0.337 e. The van der Waals surface area contributed by atoms with Crippen molar-refractivity contribution in [3.63, 3.8) is 0 Å². The van der Waals surface area contributed by atoms with Gasteiger partial charge < -0.3 is 15.2 Å². The van der Waals surface area contributed by atoms with E-state index in [1.165, 1.54) is 4.90 Å². The van der Waals surface area contributed by atoms with E-state index in [0.717, 1.165) is 31.0 Å². The standard InChI is InChI=1S/C16H21N5OS/c1-12(23-13-6-3-2-4-7-13)10-17-16(22)18-11-15-20-19-14-8-5-9-21(14)15/h2-4,6-7,12H,5,8-11H2,1H3,(H2,17,18,22)/t12-/m0/s1. The molecule has 0 fully saturated rings. The minimum atomic E-state index is -0.166. The molecule has 0 bridgehead atoms. The van der Waals surface area contributed by atoms with Gasteiger partial charge in [-0.25, -0.2) is 4.79 Å². The molecule has 3 rings (SSSR count). The topological polar surface area (TPSA) is 71.8 Å². The van der Waals surface area contributed by atoms with Crippen LogP contribution >= 0.6 is 11.8 Å². The molecule has 1 aromatic carbocycles. The van der Waals surface area contributed by atoms with Crippen molar-refractivity contribution in [1.29, 1.82) is 0 Å². The van der Waals surface area contributed by atoms with Crippen LogP contribution in [-0.4, -0.2) is 32.6 Å². The average Bonchev–Trinajstić information content (AvgIpc) is 3.16. The number of carbonyl (C=O) groups excluding carboxylic acids is 1. The maximum atomic E-state index is 11.9. The fourth-order valence-corrected chi connectivity index (χ4v) is 3.52. The number of nitrogens with zero attached hydrogens (tertiary/aromatic N) is 3. The number of amides is 2. The molecular formula is C16H21N5OS. The first-order chi connectivity index (χ1) is 11.2. The van der Waals surface area contributed by atoms with E-state index < -0.39 is 0 Å². The molecule has 0 unspecified atom stereocenters. The van der Waals surface area contributed by atoms with Gasteiger partial charge in [0, 0.05) is 29.7 Å². The van der Waals surface area contributed by atoms with E-state index in [4.69, 9.17) is 0 Å². The van der Waals surface area contributed by atoms with Crippen molar-refractivity contribution in [2.45, 2.75) is 43.0 Å². The number of thioether (sulfide) groups is 1. The second-order valence-electron chi connectivity index (χ2n) is 5.59. The first-order valence-electron chi connectivity index (χ1n) is 7.87. The Morgan fingerprint density at radius 1 is 1.30 bits per heavy atom. The molecule has 7 heteroatoms. The summed E-state index contributed by atoms with van der Waals surface area (Å²) in [6.45, 7) is 4.08. The zero-order valence-electron chi connectivity index (χ0n) is 13.2. The van der Waals surface area contributed by atoms with Crippen LogP contribution in [0.5, 0.6) is 0 Å². The van der Waals surface area contributed by atoms with E-state index in [1.807, 2.05) is 18.2 Å². The summed E-state index contributed by atoms with van der Waals surface area (Å²) in [6.07, 6.45) is 2.09. The van der Waals surface area contributed by atoms with Gasteiger partial charge in [-0.2, -0.15) is 0 Å². The Kier molecular flexibility index (Phi) is 5.17. The molecule has 1 atom stereocenters. The molecule has 6 nitrogen and oxygen atoms in total. The van der Waals surface area contributed by atoms with Crippen molar-refractivity contribution >= 4 is 17.8 Å². The number of fused-ring (bicyclic) bond motifs is 1. The van der Waals surface area contributed by atoms with Crippen molar-refractivity contribution in [2.24, 2.45) is 0 Å². The molecule has 2 N–H and O–H groups in total. The van der Waals surface area contributed by atoms with Gasteiger partial charge >= 0.3 is 6.03 Å². The van der Waals surface area contributed by atoms with Gasteiger partial charge in [0.05, 0.1) is 6.54 Å². The van der Waals surface area contributed by atoms with Crippen molar-refractivity contribution in [1.82, 2.24) is 25.4 Å². The number of aromatic nitrogens is 3. The Labute approximate surface area is 140 Å². The molecule has 0 aliphatic carbocycles. The van der Waals surface area contributed by atoms with Crippen LogP contribution < -0.4 is 10.6 Å². The normalized spacial score (nSPS) is 14.3. The van der Waals surface area contributed by atoms with E-state index in [9.17, 15) is 4.79 Å². The predicted molar refractivity (Wildman–Crippen MR) is 90.3 cm³/mol. The van der Waals surface area contributed by atoms with E-state index in [1.54, 1.807) is 11.8 Å². The quantitative estimate of drug-likeness (QED) is 0.796. The minimum Gasteiger partial charge on any atom is -0.337 e. The van der Waals surface area contributed by atoms with Gasteiger partial charge in [-0.1, -0.05) is 25.1 Å². The van der Waals surface area contributed by atoms with Gasteiger partial charge in [0.2, 0.25) is 0 Å². The molecule has 1 aromatic heterocycles. The van der Waals surface area contributed by atoms with Crippen LogP contribution in [0.2, 0.25) is 0 Å². The molecule has 2 heterocycles. The number of nitrogens with one attached hydrogen (secondary N) is 2. The third kappa shape index (κ3) is 4.25. The minimum absolute atomic E-state index is 0.166. The summed E-state index contributed by atoms with van der Waals surface area (Å²) < 4.78 is 2.09. The third-order valence-corrected chi connectivity index (χ3v) is 4.84. The van der Waals surface area contributed by atoms with Crippen LogP contribution in [0.1, 0.15) is 25.0 Å². The lowest BCUT2D eigenvalue weighted by Gasteiger charge is -2.13. The highest BCUT2D eigenvalue weighted by Crippen LogP contribution is 2.21. The number of rotatable bonds is 6. The zero-order valence-corrected chi connectivity index (χ0v) is 14.0. The second-order valence-corrected chi connectivity index (χ2v) is 7.10. The van der Waals surface area contributed by atoms with Crippen LogP contribution in [0.4, 0.5) is 4.79 Å². The van der Waals surface area contributed by atoms with Crippen molar-refractivity contribution in [2.75, 3.05) is 6.54 Å². The molecule has 0 radical (unpaired) electrons. The van der Waals surface area contributed by atoms with Crippen molar-refractivity contribution < 1.29 is 4.79 Å². The summed E-state index contributed by atoms with van der Waals surface area (Å²) >= 11 is 1.75.